The number of nitrogens with one attached hydrogen (secondary N) is 2. The van der Waals surface area contributed by atoms with Gasteiger partial charge in [0.15, 0.2) is 0 Å². The van der Waals surface area contributed by atoms with Crippen molar-refractivity contribution in [1.29, 1.82) is 0 Å². The summed E-state index contributed by atoms with van der Waals surface area (Å²) in [6.07, 6.45) is 4.88. The Morgan fingerprint density at radius 3 is 2.83 bits per heavy atom. The molecule has 0 saturated carbocycles. The van der Waals surface area contributed by atoms with Gasteiger partial charge < -0.3 is 20.1 Å². The predicted octanol–water partition coefficient (Wildman–Crippen LogP) is 3.75. The number of anilines is 2. The fraction of sp³-hybridized carbons (Fsp3) is 0.476. The van der Waals surface area contributed by atoms with E-state index in [9.17, 15) is 4.79 Å². The van der Waals surface area contributed by atoms with Crippen molar-refractivity contribution >= 4 is 29.1 Å². The van der Waals surface area contributed by atoms with Gasteiger partial charge in [-0.25, -0.2) is 9.97 Å². The molecule has 4 heterocycles. The lowest BCUT2D eigenvalue weighted by Gasteiger charge is -2.22. The van der Waals surface area contributed by atoms with Crippen molar-refractivity contribution < 1.29 is 14.3 Å². The second kappa shape index (κ2) is 9.52. The molecule has 2 aromatic rings. The Balaban J connectivity index is 1.46. The quantitative estimate of drug-likeness (QED) is 0.745. The van der Waals surface area contributed by atoms with Crippen LogP contribution in [0.4, 0.5) is 11.6 Å². The molecule has 2 saturated heterocycles. The third-order valence-electron chi connectivity index (χ3n) is 5.27. The van der Waals surface area contributed by atoms with Gasteiger partial charge in [-0.05, 0) is 49.8 Å². The van der Waals surface area contributed by atoms with Crippen molar-refractivity contribution in [1.82, 2.24) is 9.97 Å². The minimum Gasteiger partial charge on any atom is -0.381 e. The molecule has 0 radical (unpaired) electrons. The van der Waals surface area contributed by atoms with Crippen LogP contribution in [0.1, 0.15) is 25.7 Å². The fourth-order valence-electron chi connectivity index (χ4n) is 3.58. The van der Waals surface area contributed by atoms with E-state index in [0.717, 1.165) is 62.5 Å². The van der Waals surface area contributed by atoms with E-state index in [1.54, 1.807) is 6.07 Å². The molecule has 1 amide bonds. The van der Waals surface area contributed by atoms with Gasteiger partial charge in [-0.2, -0.15) is 0 Å². The van der Waals surface area contributed by atoms with E-state index in [-0.39, 0.29) is 5.91 Å². The van der Waals surface area contributed by atoms with Gasteiger partial charge in [0, 0.05) is 38.1 Å². The zero-order chi connectivity index (χ0) is 20.1. The van der Waals surface area contributed by atoms with Gasteiger partial charge in [0.25, 0.3) is 5.91 Å². The molecule has 0 unspecified atom stereocenters. The van der Waals surface area contributed by atoms with Crippen LogP contribution in [0.2, 0.25) is 5.02 Å². The average molecular weight is 417 g/mol. The van der Waals surface area contributed by atoms with Crippen molar-refractivity contribution in [2.24, 2.45) is 5.92 Å². The van der Waals surface area contributed by atoms with Gasteiger partial charge >= 0.3 is 0 Å². The van der Waals surface area contributed by atoms with E-state index >= 15 is 0 Å². The van der Waals surface area contributed by atoms with Crippen LogP contribution in [0.25, 0.3) is 11.3 Å². The fourth-order valence-corrected chi connectivity index (χ4v) is 3.78. The molecule has 2 aromatic heterocycles. The van der Waals surface area contributed by atoms with E-state index in [1.165, 1.54) is 6.20 Å². The average Bonchev–Trinajstić information content (AvgIpc) is 3.30. The number of aromatic nitrogens is 2. The largest absolute Gasteiger partial charge is 0.381 e. The zero-order valence-electron chi connectivity index (χ0n) is 16.2. The molecule has 4 rings (SSSR count). The highest BCUT2D eigenvalue weighted by atomic mass is 35.5. The second-order valence-corrected chi connectivity index (χ2v) is 7.79. The molecule has 154 valence electrons. The van der Waals surface area contributed by atoms with Crippen LogP contribution in [0.5, 0.6) is 0 Å². The smallest absolute Gasteiger partial charge is 0.254 e. The van der Waals surface area contributed by atoms with Crippen molar-refractivity contribution in [3.8, 4) is 11.3 Å². The maximum absolute atomic E-state index is 12.3. The summed E-state index contributed by atoms with van der Waals surface area (Å²) in [6.45, 7) is 3.14. The Morgan fingerprint density at radius 2 is 2.03 bits per heavy atom. The van der Waals surface area contributed by atoms with Gasteiger partial charge in [-0.1, -0.05) is 17.7 Å². The molecule has 2 fully saturated rings. The lowest BCUT2D eigenvalue weighted by molar-refractivity contribution is -0.124. The summed E-state index contributed by atoms with van der Waals surface area (Å²) in [4.78, 5) is 21.2. The number of halogens is 1. The van der Waals surface area contributed by atoms with Crippen molar-refractivity contribution in [3.63, 3.8) is 0 Å². The Hall–Kier alpha value is -2.22. The van der Waals surface area contributed by atoms with Crippen LogP contribution < -0.4 is 10.6 Å². The number of carbonyl (C=O) groups excluding carboxylic acids is 1. The minimum atomic E-state index is -0.410. The van der Waals surface area contributed by atoms with Gasteiger partial charge in [0.2, 0.25) is 0 Å². The monoisotopic (exact) mass is 416 g/mol. The van der Waals surface area contributed by atoms with Crippen LogP contribution in [-0.4, -0.2) is 48.3 Å². The van der Waals surface area contributed by atoms with E-state index in [4.69, 9.17) is 26.1 Å². The lowest BCUT2D eigenvalue weighted by atomic mass is 10.0. The van der Waals surface area contributed by atoms with E-state index < -0.39 is 6.10 Å². The Labute approximate surface area is 175 Å². The molecule has 0 aromatic carbocycles. The van der Waals surface area contributed by atoms with Crippen LogP contribution in [0, 0.1) is 5.92 Å². The maximum atomic E-state index is 12.3. The van der Waals surface area contributed by atoms with Crippen molar-refractivity contribution in [3.05, 3.63) is 35.5 Å². The number of hydrogen-bond acceptors (Lipinski definition) is 6. The van der Waals surface area contributed by atoms with Gasteiger partial charge in [0.1, 0.15) is 17.7 Å². The highest BCUT2D eigenvalue weighted by Crippen LogP contribution is 2.29. The van der Waals surface area contributed by atoms with Crippen LogP contribution in [-0.2, 0) is 14.3 Å². The Kier molecular flexibility index (Phi) is 6.59. The number of pyridine rings is 2. The molecule has 0 bridgehead atoms. The highest BCUT2D eigenvalue weighted by molar-refractivity contribution is 6.33. The maximum Gasteiger partial charge on any atom is 0.254 e. The molecule has 2 aliphatic heterocycles. The molecule has 1 atom stereocenters. The molecule has 7 nitrogen and oxygen atoms in total. The van der Waals surface area contributed by atoms with E-state index in [0.29, 0.717) is 23.4 Å². The van der Waals surface area contributed by atoms with Crippen LogP contribution >= 0.6 is 11.6 Å². The molecule has 8 heteroatoms. The molecule has 0 aliphatic carbocycles. The molecule has 29 heavy (non-hydrogen) atoms. The summed E-state index contributed by atoms with van der Waals surface area (Å²) in [5.74, 6) is 1.65. The van der Waals surface area contributed by atoms with E-state index in [2.05, 4.69) is 15.6 Å². The van der Waals surface area contributed by atoms with Crippen molar-refractivity contribution in [2.75, 3.05) is 37.0 Å². The SMILES string of the molecule is O=C(Nc1cc(-c2cccc(NCC3CCOCC3)n2)c(Cl)cn1)[C@H]1CCCO1. The van der Waals surface area contributed by atoms with Crippen LogP contribution in [0.3, 0.4) is 0 Å². The third kappa shape index (κ3) is 5.23. The van der Waals surface area contributed by atoms with Crippen molar-refractivity contribution in [2.45, 2.75) is 31.8 Å². The molecule has 2 aliphatic rings. The standard InChI is InChI=1S/C21H25ClN4O3/c22-16-13-24-20(26-21(27)18-4-2-8-29-18)11-15(16)17-3-1-5-19(25-17)23-12-14-6-9-28-10-7-14/h1,3,5,11,13-14,18H,2,4,6-10,12H2,(H,23,25)(H,24,26,27)/t18-/m1/s1. The number of carbonyl (C=O) groups is 1. The number of rotatable bonds is 6. The third-order valence-corrected chi connectivity index (χ3v) is 5.57. The Bertz CT molecular complexity index is 852. The normalized spacial score (nSPS) is 19.8. The minimum absolute atomic E-state index is 0.178. The van der Waals surface area contributed by atoms with Gasteiger partial charge in [0.05, 0.1) is 10.7 Å². The summed E-state index contributed by atoms with van der Waals surface area (Å²) in [5, 5.41) is 6.71. The Morgan fingerprint density at radius 1 is 1.17 bits per heavy atom. The first-order valence-electron chi connectivity index (χ1n) is 10.1. The molecule has 0 spiro atoms. The number of amides is 1. The van der Waals surface area contributed by atoms with Gasteiger partial charge in [-0.3, -0.25) is 4.79 Å². The first kappa shape index (κ1) is 20.1. The van der Waals surface area contributed by atoms with Crippen LogP contribution in [0.15, 0.2) is 30.5 Å². The summed E-state index contributed by atoms with van der Waals surface area (Å²) in [5.41, 5.74) is 1.45. The topological polar surface area (TPSA) is 85.4 Å². The summed E-state index contributed by atoms with van der Waals surface area (Å²) in [7, 11) is 0. The number of hydrogen-bond donors (Lipinski definition) is 2. The number of nitrogens with zero attached hydrogens (tertiary/aromatic N) is 2. The van der Waals surface area contributed by atoms with E-state index in [1.807, 2.05) is 18.2 Å². The molecular formula is C21H25ClN4O3. The summed E-state index contributed by atoms with van der Waals surface area (Å²) in [6, 6.07) is 7.53. The summed E-state index contributed by atoms with van der Waals surface area (Å²) < 4.78 is 10.8. The second-order valence-electron chi connectivity index (χ2n) is 7.39. The lowest BCUT2D eigenvalue weighted by Crippen LogP contribution is -2.27. The first-order chi connectivity index (χ1) is 14.2. The predicted molar refractivity (Wildman–Crippen MR) is 112 cm³/mol. The van der Waals surface area contributed by atoms with Gasteiger partial charge in [-0.15, -0.1) is 0 Å². The number of ether oxygens (including phenoxy) is 2. The molecule has 2 N–H and O–H groups in total. The molecular weight excluding hydrogens is 392 g/mol. The summed E-state index contributed by atoms with van der Waals surface area (Å²) >= 11 is 6.37. The highest BCUT2D eigenvalue weighted by Gasteiger charge is 2.24. The first-order valence-corrected chi connectivity index (χ1v) is 10.4. The zero-order valence-corrected chi connectivity index (χ0v) is 17.0.